The van der Waals surface area contributed by atoms with Gasteiger partial charge in [0.1, 0.15) is 30.8 Å². The van der Waals surface area contributed by atoms with Gasteiger partial charge in [-0.25, -0.2) is 0 Å². The number of oxime groups is 1. The Morgan fingerprint density at radius 2 is 1.75 bits per heavy atom. The van der Waals surface area contributed by atoms with Crippen molar-refractivity contribution in [2.24, 2.45) is 28.8 Å². The fraction of sp³-hybridized carbons (Fsp3) is 0.545. The molecule has 2 N–H and O–H groups in total. The van der Waals surface area contributed by atoms with Gasteiger partial charge in [-0.3, -0.25) is 4.79 Å². The van der Waals surface area contributed by atoms with E-state index in [4.69, 9.17) is 33.7 Å². The molecule has 55 heavy (non-hydrogen) atoms. The molecule has 296 valence electrons. The molecule has 0 unspecified atom stereocenters. The molecular formula is C44H56N2O9. The summed E-state index contributed by atoms with van der Waals surface area (Å²) in [5.41, 5.74) is 3.72. The van der Waals surface area contributed by atoms with Crippen LogP contribution in [0.4, 0.5) is 0 Å². The SMILES string of the molecule is C=CCOc1ccc2c(c1)[C@H]1[C@H](CCCCO)[C@@H](CCCCO)C=C3C(=NOCC)C[C@H](N(Cc4ccc5c(c4)OCO5)C(=O)C4CC4)[C@@](OCC=C)(O2)[C@H]31. The fourth-order valence-corrected chi connectivity index (χ4v) is 9.18. The number of aliphatic hydroxyl groups excluding tert-OH is 2. The van der Waals surface area contributed by atoms with E-state index in [0.29, 0.717) is 62.0 Å². The predicted octanol–water partition coefficient (Wildman–Crippen LogP) is 7.07. The van der Waals surface area contributed by atoms with Crippen molar-refractivity contribution in [3.8, 4) is 23.0 Å². The number of carbonyl (C=O) groups is 1. The van der Waals surface area contributed by atoms with Gasteiger partial charge in [-0.1, -0.05) is 48.9 Å². The maximum Gasteiger partial charge on any atom is 0.239 e. The summed E-state index contributed by atoms with van der Waals surface area (Å²) in [5, 5.41) is 24.5. The minimum atomic E-state index is -1.32. The third kappa shape index (κ3) is 8.02. The number of allylic oxidation sites excluding steroid dienone is 1. The van der Waals surface area contributed by atoms with Crippen molar-refractivity contribution in [3.05, 3.63) is 84.5 Å². The minimum absolute atomic E-state index is 0.0590. The zero-order chi connectivity index (χ0) is 38.4. The molecule has 2 aromatic rings. The molecule has 0 spiro atoms. The highest BCUT2D eigenvalue weighted by atomic mass is 16.7. The number of hydrogen-bond acceptors (Lipinski definition) is 10. The lowest BCUT2D eigenvalue weighted by molar-refractivity contribution is -0.258. The second-order valence-corrected chi connectivity index (χ2v) is 15.2. The monoisotopic (exact) mass is 756 g/mol. The number of amides is 1. The Kier molecular flexibility index (Phi) is 12.5. The Morgan fingerprint density at radius 1 is 0.982 bits per heavy atom. The number of hydrogen-bond donors (Lipinski definition) is 2. The lowest BCUT2D eigenvalue weighted by atomic mass is 9.55. The van der Waals surface area contributed by atoms with E-state index >= 15 is 0 Å². The standard InChI is InChI=1S/C44H56N2O9/c1-4-21-50-32-16-18-37-35(25-32)41-33(12-8-10-20-48)31(11-7-9-19-47)24-34-36(45-54-6-3)26-40(44(55-37,42(34)41)53-22-5-2)46(43(49)30-14-15-30)27-29-13-17-38-39(23-29)52-28-51-38/h4-5,13,16-18,23-25,30-31,33,40-42,47-48H,1-2,6-12,14-15,19-22,26-28H2,3H3/t31-,33+,40-,41+,42+,44+/m0/s1. The maximum absolute atomic E-state index is 14.7. The molecule has 2 aromatic carbocycles. The third-order valence-corrected chi connectivity index (χ3v) is 11.7. The lowest BCUT2D eigenvalue weighted by Crippen LogP contribution is -2.70. The summed E-state index contributed by atoms with van der Waals surface area (Å²) in [6.45, 7) is 11.5. The summed E-state index contributed by atoms with van der Waals surface area (Å²) in [4.78, 5) is 22.6. The van der Waals surface area contributed by atoms with Crippen molar-refractivity contribution >= 4 is 11.6 Å². The Morgan fingerprint density at radius 3 is 2.49 bits per heavy atom. The largest absolute Gasteiger partial charge is 0.490 e. The summed E-state index contributed by atoms with van der Waals surface area (Å²) in [5.74, 6) is 1.15. The van der Waals surface area contributed by atoms with Gasteiger partial charge in [0.2, 0.25) is 18.5 Å². The van der Waals surface area contributed by atoms with Crippen LogP contribution in [0.2, 0.25) is 0 Å². The Labute approximate surface area is 324 Å². The van der Waals surface area contributed by atoms with E-state index in [2.05, 4.69) is 25.3 Å². The van der Waals surface area contributed by atoms with Crippen LogP contribution in [-0.4, -0.2) is 78.4 Å². The van der Waals surface area contributed by atoms with E-state index in [9.17, 15) is 15.0 Å². The molecule has 2 fully saturated rings. The van der Waals surface area contributed by atoms with Gasteiger partial charge in [0.15, 0.2) is 11.5 Å². The smallest absolute Gasteiger partial charge is 0.239 e. The molecule has 7 rings (SSSR count). The first-order chi connectivity index (χ1) is 27.0. The second-order valence-electron chi connectivity index (χ2n) is 15.2. The van der Waals surface area contributed by atoms with Crippen LogP contribution in [0.15, 0.2) is 78.5 Å². The van der Waals surface area contributed by atoms with Crippen molar-refractivity contribution in [2.45, 2.75) is 89.0 Å². The lowest BCUT2D eigenvalue weighted by Gasteiger charge is -2.60. The highest BCUT2D eigenvalue weighted by Crippen LogP contribution is 2.62. The molecular weight excluding hydrogens is 700 g/mol. The first kappa shape index (κ1) is 38.9. The Balaban J connectivity index is 1.43. The molecule has 0 aromatic heterocycles. The molecule has 0 saturated heterocycles. The highest BCUT2D eigenvalue weighted by Gasteiger charge is 2.66. The first-order valence-electron chi connectivity index (χ1n) is 20.1. The summed E-state index contributed by atoms with van der Waals surface area (Å²) < 4.78 is 31.9. The molecule has 2 saturated carbocycles. The van der Waals surface area contributed by atoms with Gasteiger partial charge in [-0.15, -0.1) is 6.58 Å². The van der Waals surface area contributed by atoms with Crippen LogP contribution in [0.3, 0.4) is 0 Å². The molecule has 1 amide bonds. The van der Waals surface area contributed by atoms with Gasteiger partial charge >= 0.3 is 0 Å². The van der Waals surface area contributed by atoms with Crippen LogP contribution in [0.5, 0.6) is 23.0 Å². The average Bonchev–Trinajstić information content (AvgIpc) is 3.95. The number of nitrogens with zero attached hydrogens (tertiary/aromatic N) is 2. The molecule has 5 aliphatic rings. The van der Waals surface area contributed by atoms with Crippen LogP contribution in [0, 0.1) is 23.7 Å². The maximum atomic E-state index is 14.7. The van der Waals surface area contributed by atoms with Gasteiger partial charge in [-0.05, 0) is 98.8 Å². The minimum Gasteiger partial charge on any atom is -0.490 e. The molecule has 6 atom stereocenters. The van der Waals surface area contributed by atoms with E-state index in [1.807, 2.05) is 42.2 Å². The molecule has 3 aliphatic carbocycles. The third-order valence-electron chi connectivity index (χ3n) is 11.7. The van der Waals surface area contributed by atoms with Gasteiger partial charge in [0, 0.05) is 43.6 Å². The Hall–Kier alpha value is -4.32. The molecule has 11 nitrogen and oxygen atoms in total. The van der Waals surface area contributed by atoms with Gasteiger partial charge in [0.05, 0.1) is 18.2 Å². The van der Waals surface area contributed by atoms with Gasteiger partial charge < -0.3 is 43.6 Å². The Bertz CT molecular complexity index is 1750. The van der Waals surface area contributed by atoms with Crippen LogP contribution < -0.4 is 18.9 Å². The average molecular weight is 757 g/mol. The van der Waals surface area contributed by atoms with Crippen LogP contribution in [-0.2, 0) is 20.9 Å². The number of ether oxygens (including phenoxy) is 5. The number of fused-ring (bicyclic) bond motifs is 3. The van der Waals surface area contributed by atoms with Crippen molar-refractivity contribution in [2.75, 3.05) is 39.8 Å². The van der Waals surface area contributed by atoms with Crippen molar-refractivity contribution in [1.82, 2.24) is 4.90 Å². The van der Waals surface area contributed by atoms with Gasteiger partial charge in [-0.2, -0.15) is 0 Å². The normalized spacial score (nSPS) is 26.6. The van der Waals surface area contributed by atoms with Crippen LogP contribution in [0.25, 0.3) is 0 Å². The summed E-state index contributed by atoms with van der Waals surface area (Å²) >= 11 is 0. The first-order valence-corrected chi connectivity index (χ1v) is 20.1. The highest BCUT2D eigenvalue weighted by molar-refractivity contribution is 6.03. The van der Waals surface area contributed by atoms with Crippen LogP contribution in [0.1, 0.15) is 81.8 Å². The van der Waals surface area contributed by atoms with E-state index in [-0.39, 0.29) is 62.1 Å². The fourth-order valence-electron chi connectivity index (χ4n) is 9.18. The van der Waals surface area contributed by atoms with E-state index in [0.717, 1.165) is 60.9 Å². The molecule has 2 aliphatic heterocycles. The van der Waals surface area contributed by atoms with Crippen molar-refractivity contribution in [1.29, 1.82) is 0 Å². The van der Waals surface area contributed by atoms with Gasteiger partial charge in [0.25, 0.3) is 0 Å². The number of aliphatic hydroxyl groups is 2. The van der Waals surface area contributed by atoms with Crippen molar-refractivity contribution < 1.29 is 43.5 Å². The quantitative estimate of drug-likeness (QED) is 0.0829. The predicted molar refractivity (Wildman–Crippen MR) is 208 cm³/mol. The summed E-state index contributed by atoms with van der Waals surface area (Å²) in [7, 11) is 0. The zero-order valence-corrected chi connectivity index (χ0v) is 32.0. The topological polar surface area (TPSA) is 129 Å². The molecule has 0 radical (unpaired) electrons. The van der Waals surface area contributed by atoms with Crippen molar-refractivity contribution in [3.63, 3.8) is 0 Å². The second kappa shape index (κ2) is 17.6. The number of unbranched alkanes of at least 4 members (excludes halogenated alkanes) is 2. The van der Waals surface area contributed by atoms with Crippen LogP contribution >= 0.6 is 0 Å². The summed E-state index contributed by atoms with van der Waals surface area (Å²) in [6, 6.07) is 11.2. The number of benzene rings is 2. The van der Waals surface area contributed by atoms with E-state index in [1.165, 1.54) is 0 Å². The number of carbonyl (C=O) groups excluding carboxylic acids is 1. The number of rotatable bonds is 20. The molecule has 0 bridgehead atoms. The molecule has 11 heteroatoms. The zero-order valence-electron chi connectivity index (χ0n) is 32.0. The van der Waals surface area contributed by atoms with E-state index < -0.39 is 11.8 Å². The molecule has 2 heterocycles. The van der Waals surface area contributed by atoms with E-state index in [1.54, 1.807) is 12.2 Å². The summed E-state index contributed by atoms with van der Waals surface area (Å²) in [6.07, 6.45) is 12.7.